The van der Waals surface area contributed by atoms with E-state index in [0.717, 1.165) is 5.56 Å². The van der Waals surface area contributed by atoms with E-state index < -0.39 is 0 Å². The van der Waals surface area contributed by atoms with Crippen LogP contribution in [0.1, 0.15) is 18.5 Å². The lowest BCUT2D eigenvalue weighted by atomic mass is 10.1. The standard InChI is InChI=1S/C9H14N2O/c1-7(12-2)9(10)8-4-3-5-11-6-8/h3-7,9H,10H2,1-2H3. The second-order valence-corrected chi connectivity index (χ2v) is 2.75. The molecule has 0 saturated heterocycles. The highest BCUT2D eigenvalue weighted by Crippen LogP contribution is 2.13. The summed E-state index contributed by atoms with van der Waals surface area (Å²) in [5.41, 5.74) is 6.89. The molecular formula is C9H14N2O. The van der Waals surface area contributed by atoms with Gasteiger partial charge in [-0.3, -0.25) is 4.98 Å². The van der Waals surface area contributed by atoms with Gasteiger partial charge in [-0.25, -0.2) is 0 Å². The van der Waals surface area contributed by atoms with E-state index in [0.29, 0.717) is 0 Å². The molecule has 0 aliphatic rings. The maximum atomic E-state index is 5.88. The van der Waals surface area contributed by atoms with Gasteiger partial charge in [0.15, 0.2) is 0 Å². The zero-order chi connectivity index (χ0) is 8.97. The van der Waals surface area contributed by atoms with Gasteiger partial charge in [-0.15, -0.1) is 0 Å². The maximum Gasteiger partial charge on any atom is 0.0736 e. The summed E-state index contributed by atoms with van der Waals surface area (Å²) in [6.45, 7) is 1.94. The minimum Gasteiger partial charge on any atom is -0.380 e. The largest absolute Gasteiger partial charge is 0.380 e. The van der Waals surface area contributed by atoms with Crippen LogP contribution in [0.4, 0.5) is 0 Å². The van der Waals surface area contributed by atoms with Crippen LogP contribution >= 0.6 is 0 Å². The molecule has 2 N–H and O–H groups in total. The van der Waals surface area contributed by atoms with E-state index in [1.54, 1.807) is 19.5 Å². The van der Waals surface area contributed by atoms with Crippen molar-refractivity contribution in [3.8, 4) is 0 Å². The Kier molecular flexibility index (Phi) is 3.19. The van der Waals surface area contributed by atoms with Gasteiger partial charge in [0.2, 0.25) is 0 Å². The maximum absolute atomic E-state index is 5.88. The fourth-order valence-corrected chi connectivity index (χ4v) is 0.991. The van der Waals surface area contributed by atoms with Gasteiger partial charge in [0.1, 0.15) is 0 Å². The lowest BCUT2D eigenvalue weighted by Crippen LogP contribution is -2.25. The Morgan fingerprint density at radius 1 is 1.58 bits per heavy atom. The van der Waals surface area contributed by atoms with Gasteiger partial charge in [0, 0.05) is 19.5 Å². The zero-order valence-electron chi connectivity index (χ0n) is 7.40. The highest BCUT2D eigenvalue weighted by molar-refractivity contribution is 5.14. The summed E-state index contributed by atoms with van der Waals surface area (Å²) < 4.78 is 5.11. The fourth-order valence-electron chi connectivity index (χ4n) is 0.991. The number of nitrogens with two attached hydrogens (primary N) is 1. The summed E-state index contributed by atoms with van der Waals surface area (Å²) in [5, 5.41) is 0. The molecule has 2 unspecified atom stereocenters. The monoisotopic (exact) mass is 166 g/mol. The van der Waals surface area contributed by atoms with E-state index in [1.807, 2.05) is 19.1 Å². The van der Waals surface area contributed by atoms with E-state index in [9.17, 15) is 0 Å². The normalized spacial score (nSPS) is 15.6. The minimum absolute atomic E-state index is 0.0224. The van der Waals surface area contributed by atoms with Gasteiger partial charge in [0.25, 0.3) is 0 Å². The van der Waals surface area contributed by atoms with Gasteiger partial charge in [-0.2, -0.15) is 0 Å². The molecule has 1 aromatic rings. The van der Waals surface area contributed by atoms with Crippen LogP contribution in [0.15, 0.2) is 24.5 Å². The number of aromatic nitrogens is 1. The predicted octanol–water partition coefficient (Wildman–Crippen LogP) is 1.12. The van der Waals surface area contributed by atoms with E-state index in [4.69, 9.17) is 10.5 Å². The number of ether oxygens (including phenoxy) is 1. The van der Waals surface area contributed by atoms with E-state index >= 15 is 0 Å². The Balaban J connectivity index is 2.71. The van der Waals surface area contributed by atoms with Crippen molar-refractivity contribution in [2.75, 3.05) is 7.11 Å². The molecule has 0 saturated carbocycles. The van der Waals surface area contributed by atoms with Gasteiger partial charge < -0.3 is 10.5 Å². The molecule has 3 heteroatoms. The van der Waals surface area contributed by atoms with Crippen molar-refractivity contribution in [2.24, 2.45) is 5.73 Å². The molecule has 0 spiro atoms. The van der Waals surface area contributed by atoms with Crippen LogP contribution in [0.3, 0.4) is 0 Å². The van der Waals surface area contributed by atoms with Crippen molar-refractivity contribution in [1.82, 2.24) is 4.98 Å². The van der Waals surface area contributed by atoms with Crippen LogP contribution in [-0.2, 0) is 4.74 Å². The second kappa shape index (κ2) is 4.18. The van der Waals surface area contributed by atoms with E-state index in [1.165, 1.54) is 0 Å². The SMILES string of the molecule is COC(C)C(N)c1cccnc1. The molecule has 12 heavy (non-hydrogen) atoms. The van der Waals surface area contributed by atoms with Crippen molar-refractivity contribution in [1.29, 1.82) is 0 Å². The fraction of sp³-hybridized carbons (Fsp3) is 0.444. The van der Waals surface area contributed by atoms with Crippen LogP contribution in [-0.4, -0.2) is 18.2 Å². The molecule has 0 bridgehead atoms. The average molecular weight is 166 g/mol. The highest BCUT2D eigenvalue weighted by atomic mass is 16.5. The molecule has 0 aromatic carbocycles. The Labute approximate surface area is 72.6 Å². The third-order valence-electron chi connectivity index (χ3n) is 1.95. The summed E-state index contributed by atoms with van der Waals surface area (Å²) >= 11 is 0. The van der Waals surface area contributed by atoms with Crippen LogP contribution in [0.2, 0.25) is 0 Å². The van der Waals surface area contributed by atoms with Crippen LogP contribution < -0.4 is 5.73 Å². The first-order chi connectivity index (χ1) is 5.75. The zero-order valence-corrected chi connectivity index (χ0v) is 7.40. The first-order valence-electron chi connectivity index (χ1n) is 3.94. The summed E-state index contributed by atoms with van der Waals surface area (Å²) in [6.07, 6.45) is 3.52. The topological polar surface area (TPSA) is 48.1 Å². The summed E-state index contributed by atoms with van der Waals surface area (Å²) in [4.78, 5) is 3.99. The number of methoxy groups -OCH3 is 1. The third kappa shape index (κ3) is 2.03. The Morgan fingerprint density at radius 3 is 2.83 bits per heavy atom. The van der Waals surface area contributed by atoms with Crippen molar-refractivity contribution in [3.05, 3.63) is 30.1 Å². The molecule has 3 nitrogen and oxygen atoms in total. The molecule has 0 amide bonds. The molecule has 1 heterocycles. The van der Waals surface area contributed by atoms with Crippen molar-refractivity contribution in [2.45, 2.75) is 19.1 Å². The van der Waals surface area contributed by atoms with Gasteiger partial charge in [-0.05, 0) is 18.6 Å². The summed E-state index contributed by atoms with van der Waals surface area (Å²) in [5.74, 6) is 0. The van der Waals surface area contributed by atoms with Crippen LogP contribution in [0.25, 0.3) is 0 Å². The van der Waals surface area contributed by atoms with Crippen molar-refractivity contribution < 1.29 is 4.74 Å². The third-order valence-corrected chi connectivity index (χ3v) is 1.95. The smallest absolute Gasteiger partial charge is 0.0736 e. The first kappa shape index (κ1) is 9.16. The minimum atomic E-state index is -0.0938. The van der Waals surface area contributed by atoms with Gasteiger partial charge >= 0.3 is 0 Å². The van der Waals surface area contributed by atoms with Crippen molar-refractivity contribution >= 4 is 0 Å². The lowest BCUT2D eigenvalue weighted by Gasteiger charge is -2.17. The Morgan fingerprint density at radius 2 is 2.33 bits per heavy atom. The quantitative estimate of drug-likeness (QED) is 0.731. The molecule has 2 atom stereocenters. The van der Waals surface area contributed by atoms with E-state index in [2.05, 4.69) is 4.98 Å². The summed E-state index contributed by atoms with van der Waals surface area (Å²) in [6, 6.07) is 3.73. The lowest BCUT2D eigenvalue weighted by molar-refractivity contribution is 0.0956. The molecule has 1 rings (SSSR count). The summed E-state index contributed by atoms with van der Waals surface area (Å²) in [7, 11) is 1.65. The number of rotatable bonds is 3. The van der Waals surface area contributed by atoms with Crippen LogP contribution in [0.5, 0.6) is 0 Å². The molecule has 0 fully saturated rings. The number of nitrogens with zero attached hydrogens (tertiary/aromatic N) is 1. The van der Waals surface area contributed by atoms with Gasteiger partial charge in [0.05, 0.1) is 12.1 Å². The first-order valence-corrected chi connectivity index (χ1v) is 3.94. The molecular weight excluding hydrogens is 152 g/mol. The van der Waals surface area contributed by atoms with Crippen LogP contribution in [0, 0.1) is 0 Å². The predicted molar refractivity (Wildman–Crippen MR) is 47.6 cm³/mol. The molecule has 66 valence electrons. The van der Waals surface area contributed by atoms with Crippen molar-refractivity contribution in [3.63, 3.8) is 0 Å². The Bertz CT molecular complexity index is 225. The molecule has 1 aromatic heterocycles. The second-order valence-electron chi connectivity index (χ2n) is 2.75. The molecule has 0 aliphatic carbocycles. The highest BCUT2D eigenvalue weighted by Gasteiger charge is 2.13. The Hall–Kier alpha value is -0.930. The average Bonchev–Trinajstić information content (AvgIpc) is 2.17. The number of hydrogen-bond donors (Lipinski definition) is 1. The molecule has 0 radical (unpaired) electrons. The number of pyridine rings is 1. The number of hydrogen-bond acceptors (Lipinski definition) is 3. The molecule has 0 aliphatic heterocycles. The van der Waals surface area contributed by atoms with Gasteiger partial charge in [-0.1, -0.05) is 6.07 Å². The van der Waals surface area contributed by atoms with E-state index in [-0.39, 0.29) is 12.1 Å².